The fraction of sp³-hybridized carbons (Fsp3) is 0.571. The lowest BCUT2D eigenvalue weighted by atomic mass is 9.98. The van der Waals surface area contributed by atoms with Crippen LogP contribution in [0, 0.1) is 0 Å². The molecule has 0 unspecified atom stereocenters. The zero-order valence-corrected chi connectivity index (χ0v) is 12.9. The van der Waals surface area contributed by atoms with Crippen LogP contribution in [0.3, 0.4) is 0 Å². The van der Waals surface area contributed by atoms with Gasteiger partial charge in [0.25, 0.3) is 0 Å². The number of hydrogen-bond donors (Lipinski definition) is 1. The van der Waals surface area contributed by atoms with Gasteiger partial charge in [0.1, 0.15) is 0 Å². The van der Waals surface area contributed by atoms with Gasteiger partial charge in [0.2, 0.25) is 0 Å². The second-order valence-electron chi connectivity index (χ2n) is 5.11. The maximum Gasteiger partial charge on any atom is 0.0772 e. The summed E-state index contributed by atoms with van der Waals surface area (Å²) in [7, 11) is 2.10. The summed E-state index contributed by atoms with van der Waals surface area (Å²) >= 11 is 3.52. The van der Waals surface area contributed by atoms with E-state index in [0.29, 0.717) is 0 Å². The fourth-order valence-corrected chi connectivity index (χ4v) is 2.35. The second-order valence-corrected chi connectivity index (χ2v) is 5.96. The molecule has 0 aliphatic rings. The number of halogens is 1. The van der Waals surface area contributed by atoms with Gasteiger partial charge >= 0.3 is 0 Å². The number of anilines is 1. The Morgan fingerprint density at radius 2 is 2.00 bits per heavy atom. The molecule has 0 fully saturated rings. The first-order valence-corrected chi connectivity index (χ1v) is 6.80. The molecule has 0 radical (unpaired) electrons. The Hall–Kier alpha value is -0.540. The van der Waals surface area contributed by atoms with E-state index in [1.54, 1.807) is 6.92 Å². The third-order valence-electron chi connectivity index (χ3n) is 3.59. The molecule has 3 heteroatoms. The van der Waals surface area contributed by atoms with Gasteiger partial charge in [-0.2, -0.15) is 0 Å². The minimum atomic E-state index is -0.442. The van der Waals surface area contributed by atoms with Crippen LogP contribution in [0.1, 0.15) is 45.8 Å². The molecule has 0 bridgehead atoms. The smallest absolute Gasteiger partial charge is 0.0772 e. The first kappa shape index (κ1) is 14.5. The molecule has 1 aromatic carbocycles. The number of benzene rings is 1. The molecule has 1 atom stereocenters. The van der Waals surface area contributed by atoms with Crippen LogP contribution in [-0.4, -0.2) is 17.7 Å². The Morgan fingerprint density at radius 3 is 2.41 bits per heavy atom. The summed E-state index contributed by atoms with van der Waals surface area (Å²) < 4.78 is 0.962. The van der Waals surface area contributed by atoms with Gasteiger partial charge in [-0.05, 0) is 44.9 Å². The lowest BCUT2D eigenvalue weighted by Gasteiger charge is -2.37. The fourth-order valence-electron chi connectivity index (χ4n) is 1.65. The monoisotopic (exact) mass is 299 g/mol. The minimum Gasteiger partial charge on any atom is -0.389 e. The number of hydrogen-bond acceptors (Lipinski definition) is 2. The van der Waals surface area contributed by atoms with Crippen LogP contribution in [0.25, 0.3) is 0 Å². The molecular weight excluding hydrogens is 278 g/mol. The van der Waals surface area contributed by atoms with E-state index in [2.05, 4.69) is 60.8 Å². The number of aliphatic hydroxyl groups excluding tert-OH is 1. The van der Waals surface area contributed by atoms with Crippen molar-refractivity contribution in [1.29, 1.82) is 0 Å². The molecule has 0 saturated carbocycles. The Morgan fingerprint density at radius 1 is 1.41 bits per heavy atom. The SMILES string of the molecule is CCC(C)(C)N(C)c1ccc([C@H](C)O)c(Br)c1. The van der Waals surface area contributed by atoms with E-state index in [-0.39, 0.29) is 5.54 Å². The van der Waals surface area contributed by atoms with Gasteiger partial charge < -0.3 is 10.0 Å². The molecule has 0 aromatic heterocycles. The van der Waals surface area contributed by atoms with Crippen LogP contribution in [0.4, 0.5) is 5.69 Å². The van der Waals surface area contributed by atoms with Crippen molar-refractivity contribution in [2.24, 2.45) is 0 Å². The van der Waals surface area contributed by atoms with E-state index >= 15 is 0 Å². The van der Waals surface area contributed by atoms with Crippen molar-refractivity contribution >= 4 is 21.6 Å². The van der Waals surface area contributed by atoms with Gasteiger partial charge in [0.15, 0.2) is 0 Å². The Labute approximate surface area is 113 Å². The summed E-state index contributed by atoms with van der Waals surface area (Å²) in [4.78, 5) is 2.27. The van der Waals surface area contributed by atoms with Crippen molar-refractivity contribution < 1.29 is 5.11 Å². The molecule has 0 aliphatic carbocycles. The van der Waals surface area contributed by atoms with Crippen LogP contribution < -0.4 is 4.90 Å². The molecule has 1 N–H and O–H groups in total. The molecule has 96 valence electrons. The highest BCUT2D eigenvalue weighted by molar-refractivity contribution is 9.10. The summed E-state index contributed by atoms with van der Waals surface area (Å²) in [6.45, 7) is 8.42. The van der Waals surface area contributed by atoms with Gasteiger partial charge in [0.05, 0.1) is 6.10 Å². The Balaban J connectivity index is 3.06. The summed E-state index contributed by atoms with van der Waals surface area (Å²) in [6.07, 6.45) is 0.641. The van der Waals surface area contributed by atoms with Gasteiger partial charge in [-0.3, -0.25) is 0 Å². The van der Waals surface area contributed by atoms with E-state index < -0.39 is 6.10 Å². The molecule has 1 rings (SSSR count). The highest BCUT2D eigenvalue weighted by atomic mass is 79.9. The maximum absolute atomic E-state index is 9.60. The molecule has 0 amide bonds. The topological polar surface area (TPSA) is 23.5 Å². The zero-order chi connectivity index (χ0) is 13.2. The van der Waals surface area contributed by atoms with Crippen LogP contribution in [0.15, 0.2) is 22.7 Å². The predicted molar refractivity (Wildman–Crippen MR) is 77.5 cm³/mol. The molecule has 0 spiro atoms. The van der Waals surface area contributed by atoms with Crippen molar-refractivity contribution in [3.63, 3.8) is 0 Å². The second kappa shape index (κ2) is 5.40. The van der Waals surface area contributed by atoms with Crippen molar-refractivity contribution in [1.82, 2.24) is 0 Å². The van der Waals surface area contributed by atoms with E-state index in [4.69, 9.17) is 0 Å². The minimum absolute atomic E-state index is 0.131. The number of nitrogens with zero attached hydrogens (tertiary/aromatic N) is 1. The summed E-state index contributed by atoms with van der Waals surface area (Å²) in [5.41, 5.74) is 2.22. The van der Waals surface area contributed by atoms with Crippen LogP contribution in [0.5, 0.6) is 0 Å². The van der Waals surface area contributed by atoms with Crippen molar-refractivity contribution in [3.05, 3.63) is 28.2 Å². The summed E-state index contributed by atoms with van der Waals surface area (Å²) in [5.74, 6) is 0. The van der Waals surface area contributed by atoms with Crippen LogP contribution >= 0.6 is 15.9 Å². The van der Waals surface area contributed by atoms with E-state index in [0.717, 1.165) is 22.1 Å². The largest absolute Gasteiger partial charge is 0.389 e. The van der Waals surface area contributed by atoms with E-state index in [9.17, 15) is 5.11 Å². The Bertz CT molecular complexity index is 388. The number of aliphatic hydroxyl groups is 1. The highest BCUT2D eigenvalue weighted by Gasteiger charge is 2.22. The number of rotatable bonds is 4. The van der Waals surface area contributed by atoms with Gasteiger partial charge in [-0.15, -0.1) is 0 Å². The average Bonchev–Trinajstić information content (AvgIpc) is 2.27. The van der Waals surface area contributed by atoms with Gasteiger partial charge in [0, 0.05) is 22.7 Å². The standard InChI is InChI=1S/C14H22BrNO/c1-6-14(3,4)16(5)11-7-8-12(10(2)17)13(15)9-11/h7-10,17H,6H2,1-5H3/t10-/m0/s1. The molecule has 17 heavy (non-hydrogen) atoms. The lowest BCUT2D eigenvalue weighted by molar-refractivity contribution is 0.198. The highest BCUT2D eigenvalue weighted by Crippen LogP contribution is 2.31. The third kappa shape index (κ3) is 3.23. The normalized spacial score (nSPS) is 13.6. The summed E-state index contributed by atoms with van der Waals surface area (Å²) in [5, 5.41) is 9.60. The van der Waals surface area contributed by atoms with Crippen molar-refractivity contribution in [2.45, 2.75) is 45.8 Å². The molecule has 0 aliphatic heterocycles. The maximum atomic E-state index is 9.60. The summed E-state index contributed by atoms with van der Waals surface area (Å²) in [6, 6.07) is 6.11. The molecular formula is C14H22BrNO. The lowest BCUT2D eigenvalue weighted by Crippen LogP contribution is -2.40. The predicted octanol–water partition coefficient (Wildman–Crippen LogP) is 4.13. The molecule has 1 aromatic rings. The first-order chi connectivity index (χ1) is 7.79. The average molecular weight is 300 g/mol. The molecule has 0 saturated heterocycles. The zero-order valence-electron chi connectivity index (χ0n) is 11.3. The molecule has 2 nitrogen and oxygen atoms in total. The van der Waals surface area contributed by atoms with Crippen LogP contribution in [-0.2, 0) is 0 Å². The van der Waals surface area contributed by atoms with Gasteiger partial charge in [-0.25, -0.2) is 0 Å². The van der Waals surface area contributed by atoms with Crippen LogP contribution in [0.2, 0.25) is 0 Å². The van der Waals surface area contributed by atoms with Crippen molar-refractivity contribution in [2.75, 3.05) is 11.9 Å². The molecule has 0 heterocycles. The van der Waals surface area contributed by atoms with Crippen molar-refractivity contribution in [3.8, 4) is 0 Å². The third-order valence-corrected chi connectivity index (χ3v) is 4.28. The van der Waals surface area contributed by atoms with E-state index in [1.165, 1.54) is 0 Å². The first-order valence-electron chi connectivity index (χ1n) is 6.01. The van der Waals surface area contributed by atoms with E-state index in [1.807, 2.05) is 6.07 Å². The quantitative estimate of drug-likeness (QED) is 0.904. The van der Waals surface area contributed by atoms with Gasteiger partial charge in [-0.1, -0.05) is 28.9 Å². The Kier molecular flexibility index (Phi) is 4.62.